The van der Waals surface area contributed by atoms with Gasteiger partial charge in [0.15, 0.2) is 0 Å². The van der Waals surface area contributed by atoms with Gasteiger partial charge in [0, 0.05) is 24.7 Å². The van der Waals surface area contributed by atoms with Gasteiger partial charge in [-0.1, -0.05) is 35.9 Å². The van der Waals surface area contributed by atoms with Gasteiger partial charge in [-0.3, -0.25) is 4.90 Å². The summed E-state index contributed by atoms with van der Waals surface area (Å²) in [5.41, 5.74) is 1.16. The van der Waals surface area contributed by atoms with Crippen LogP contribution in [0.5, 0.6) is 5.75 Å². The Balaban J connectivity index is 1.71. The second-order valence-electron chi connectivity index (χ2n) is 6.40. The molecule has 0 unspecified atom stereocenters. The molecular weight excluding hydrogens is 366 g/mol. The van der Waals surface area contributed by atoms with E-state index in [-0.39, 0.29) is 0 Å². The molecule has 3 aromatic rings. The molecule has 1 aliphatic rings. The Morgan fingerprint density at radius 3 is 2.70 bits per heavy atom. The van der Waals surface area contributed by atoms with Crippen LogP contribution in [0.1, 0.15) is 0 Å². The molecule has 0 N–H and O–H groups in total. The zero-order valence-corrected chi connectivity index (χ0v) is 15.6. The van der Waals surface area contributed by atoms with Gasteiger partial charge in [-0.25, -0.2) is 4.79 Å². The first-order chi connectivity index (χ1) is 13.2. The summed E-state index contributed by atoms with van der Waals surface area (Å²) in [6.07, 6.45) is 0. The average Bonchev–Trinajstić information content (AvgIpc) is 2.68. The van der Waals surface area contributed by atoms with Gasteiger partial charge < -0.3 is 13.9 Å². The van der Waals surface area contributed by atoms with E-state index in [2.05, 4.69) is 4.90 Å². The maximum atomic E-state index is 12.7. The van der Waals surface area contributed by atoms with Gasteiger partial charge in [0.2, 0.25) is 0 Å². The van der Waals surface area contributed by atoms with Gasteiger partial charge in [0.1, 0.15) is 23.5 Å². The molecule has 1 saturated heterocycles. The molecule has 140 valence electrons. The fourth-order valence-corrected chi connectivity index (χ4v) is 3.46. The van der Waals surface area contributed by atoms with Crippen LogP contribution in [0.25, 0.3) is 22.1 Å². The highest BCUT2D eigenvalue weighted by Gasteiger charge is 2.19. The second kappa shape index (κ2) is 8.13. The fraction of sp³-hybridized carbons (Fsp3) is 0.286. The first kappa shape index (κ1) is 18.0. The molecule has 1 aliphatic heterocycles. The number of rotatable bonds is 5. The molecule has 0 spiro atoms. The molecule has 4 rings (SSSR count). The lowest BCUT2D eigenvalue weighted by Gasteiger charge is -2.26. The van der Waals surface area contributed by atoms with Gasteiger partial charge in [-0.15, -0.1) is 0 Å². The van der Waals surface area contributed by atoms with Crippen LogP contribution in [0.4, 0.5) is 0 Å². The van der Waals surface area contributed by atoms with Gasteiger partial charge in [0.25, 0.3) is 0 Å². The van der Waals surface area contributed by atoms with Crippen molar-refractivity contribution >= 4 is 22.6 Å². The lowest BCUT2D eigenvalue weighted by Crippen LogP contribution is -2.38. The molecule has 0 amide bonds. The van der Waals surface area contributed by atoms with E-state index >= 15 is 0 Å². The number of hydrogen-bond donors (Lipinski definition) is 0. The average molecular weight is 386 g/mol. The smallest absolute Gasteiger partial charge is 0.347 e. The molecule has 1 aromatic heterocycles. The number of hydrogen-bond acceptors (Lipinski definition) is 5. The van der Waals surface area contributed by atoms with Crippen LogP contribution in [-0.4, -0.2) is 44.4 Å². The Morgan fingerprint density at radius 1 is 1.07 bits per heavy atom. The van der Waals surface area contributed by atoms with Gasteiger partial charge in [0.05, 0.1) is 18.6 Å². The molecule has 27 heavy (non-hydrogen) atoms. The quantitative estimate of drug-likeness (QED) is 0.625. The van der Waals surface area contributed by atoms with Crippen LogP contribution in [0.15, 0.2) is 57.7 Å². The third-order valence-electron chi connectivity index (χ3n) is 4.64. The highest BCUT2D eigenvalue weighted by atomic mass is 35.5. The first-order valence-electron chi connectivity index (χ1n) is 8.97. The molecule has 2 heterocycles. The molecule has 5 nitrogen and oxygen atoms in total. The van der Waals surface area contributed by atoms with E-state index in [1.54, 1.807) is 18.2 Å². The van der Waals surface area contributed by atoms with Gasteiger partial charge in [-0.2, -0.15) is 0 Å². The van der Waals surface area contributed by atoms with Crippen LogP contribution < -0.4 is 10.4 Å². The Morgan fingerprint density at radius 2 is 1.89 bits per heavy atom. The number of fused-ring (bicyclic) bond motifs is 1. The summed E-state index contributed by atoms with van der Waals surface area (Å²) < 4.78 is 17.0. The van der Waals surface area contributed by atoms with E-state index in [1.165, 1.54) is 0 Å². The van der Waals surface area contributed by atoms with Gasteiger partial charge >= 0.3 is 5.63 Å². The standard InChI is InChI=1S/C21H20ClNO4/c22-16-5-3-4-15(14-16)19-20(26-13-10-23-8-11-25-12-9-23)17-6-1-2-7-18(17)27-21(19)24/h1-7,14H,8-13H2. The van der Waals surface area contributed by atoms with Crippen molar-refractivity contribution in [1.82, 2.24) is 4.90 Å². The van der Waals surface area contributed by atoms with Crippen LogP contribution >= 0.6 is 11.6 Å². The van der Waals surface area contributed by atoms with Gasteiger partial charge in [-0.05, 0) is 29.8 Å². The van der Waals surface area contributed by atoms with Crippen LogP contribution in [0.3, 0.4) is 0 Å². The minimum atomic E-state index is -0.433. The van der Waals surface area contributed by atoms with Crippen molar-refractivity contribution in [3.8, 4) is 16.9 Å². The maximum Gasteiger partial charge on any atom is 0.347 e. The van der Waals surface area contributed by atoms with Crippen molar-refractivity contribution in [2.45, 2.75) is 0 Å². The molecule has 0 atom stereocenters. The maximum absolute atomic E-state index is 12.7. The minimum Gasteiger partial charge on any atom is -0.491 e. The summed E-state index contributed by atoms with van der Waals surface area (Å²) in [7, 11) is 0. The topological polar surface area (TPSA) is 51.9 Å². The second-order valence-corrected chi connectivity index (χ2v) is 6.84. The molecule has 6 heteroatoms. The lowest BCUT2D eigenvalue weighted by molar-refractivity contribution is 0.0323. The van der Waals surface area contributed by atoms with E-state index < -0.39 is 5.63 Å². The number of halogens is 1. The Hall–Kier alpha value is -2.34. The van der Waals surface area contributed by atoms with Crippen molar-refractivity contribution in [3.05, 3.63) is 64.0 Å². The summed E-state index contributed by atoms with van der Waals surface area (Å²) in [5.74, 6) is 0.539. The zero-order valence-electron chi connectivity index (χ0n) is 14.8. The van der Waals surface area contributed by atoms with E-state index in [0.717, 1.165) is 38.2 Å². The summed E-state index contributed by atoms with van der Waals surface area (Å²) in [6, 6.07) is 14.6. The SMILES string of the molecule is O=c1oc2ccccc2c(OCCN2CCOCC2)c1-c1cccc(Cl)c1. The number of morpholine rings is 1. The number of ether oxygens (including phenoxy) is 2. The van der Waals surface area contributed by atoms with Crippen LogP contribution in [-0.2, 0) is 4.74 Å². The largest absolute Gasteiger partial charge is 0.491 e. The van der Waals surface area contributed by atoms with E-state index in [9.17, 15) is 4.79 Å². The predicted molar refractivity (Wildman–Crippen MR) is 106 cm³/mol. The highest BCUT2D eigenvalue weighted by molar-refractivity contribution is 6.30. The summed E-state index contributed by atoms with van der Waals surface area (Å²) in [4.78, 5) is 15.0. The Kier molecular flexibility index (Phi) is 5.43. The highest BCUT2D eigenvalue weighted by Crippen LogP contribution is 2.35. The van der Waals surface area contributed by atoms with Crippen LogP contribution in [0.2, 0.25) is 5.02 Å². The number of nitrogens with zero attached hydrogens (tertiary/aromatic N) is 1. The van der Waals surface area contributed by atoms with Crippen molar-refractivity contribution in [2.75, 3.05) is 39.5 Å². The van der Waals surface area contributed by atoms with E-state index in [1.807, 2.05) is 30.3 Å². The fourth-order valence-electron chi connectivity index (χ4n) is 3.27. The number of benzene rings is 2. The molecule has 0 aliphatic carbocycles. The molecule has 0 bridgehead atoms. The Bertz CT molecular complexity index is 995. The summed E-state index contributed by atoms with van der Waals surface area (Å²) >= 11 is 6.13. The number of para-hydroxylation sites is 1. The van der Waals surface area contributed by atoms with Crippen molar-refractivity contribution in [1.29, 1.82) is 0 Å². The first-order valence-corrected chi connectivity index (χ1v) is 9.35. The van der Waals surface area contributed by atoms with Crippen molar-refractivity contribution in [2.24, 2.45) is 0 Å². The molecule has 2 aromatic carbocycles. The normalized spacial score (nSPS) is 15.1. The van der Waals surface area contributed by atoms with E-state index in [4.69, 9.17) is 25.5 Å². The molecule has 0 radical (unpaired) electrons. The van der Waals surface area contributed by atoms with Crippen molar-refractivity contribution < 1.29 is 13.9 Å². The van der Waals surface area contributed by atoms with Crippen LogP contribution in [0, 0.1) is 0 Å². The molecule has 1 fully saturated rings. The minimum absolute atomic E-state index is 0.401. The summed E-state index contributed by atoms with van der Waals surface area (Å²) in [5, 5.41) is 1.33. The lowest BCUT2D eigenvalue weighted by atomic mass is 10.0. The third-order valence-corrected chi connectivity index (χ3v) is 4.87. The predicted octanol–water partition coefficient (Wildman–Crippen LogP) is 3.82. The Labute approximate surface area is 162 Å². The van der Waals surface area contributed by atoms with E-state index in [0.29, 0.717) is 34.1 Å². The molecule has 0 saturated carbocycles. The summed E-state index contributed by atoms with van der Waals surface area (Å²) in [6.45, 7) is 4.51. The molecular formula is C21H20ClNO4. The zero-order chi connectivity index (χ0) is 18.6. The third kappa shape index (κ3) is 4.00. The van der Waals surface area contributed by atoms with Crippen molar-refractivity contribution in [3.63, 3.8) is 0 Å². The monoisotopic (exact) mass is 385 g/mol.